The third-order valence-corrected chi connectivity index (χ3v) is 22.2. The molecule has 1 aromatic heterocycles. The van der Waals surface area contributed by atoms with E-state index in [4.69, 9.17) is 0 Å². The standard InChI is InChI=1S/C76H51BN2Si/c1-7-26-52(27-8-1)60-40-25-41-64-74-72(53-28-9-2-10-29-53)62-38-19-20-39-63(62)73(54-30-11-3-12-31-54)76(74)77(75(60)64)55-46-49-66-65(50-55)61-48-47-57(51-69(61)78(66)56-32-13-4-14-33-56)79-67-42-21-23-44-70(67)80(58-34-15-5-16-35-58,59-36-17-6-18-37-59)71-45-24-22-43-68(71)79/h1-51H. The van der Waals surface area contributed by atoms with Gasteiger partial charge in [-0.2, -0.15) is 0 Å². The summed E-state index contributed by atoms with van der Waals surface area (Å²) in [4.78, 5) is 2.54. The lowest BCUT2D eigenvalue weighted by molar-refractivity contribution is 1.18. The molecule has 3 heterocycles. The lowest BCUT2D eigenvalue weighted by atomic mass is 9.37. The molecule has 16 rings (SSSR count). The number of benzene rings is 13. The molecule has 372 valence electrons. The summed E-state index contributed by atoms with van der Waals surface area (Å²) < 4.78 is 2.50. The Morgan fingerprint density at radius 3 is 1.40 bits per heavy atom. The molecule has 2 aliphatic heterocycles. The molecule has 14 aromatic rings. The van der Waals surface area contributed by atoms with Gasteiger partial charge in [0.05, 0.1) is 11.0 Å². The Kier molecular flexibility index (Phi) is 10.7. The number of fused-ring (bicyclic) bond motifs is 9. The zero-order chi connectivity index (χ0) is 52.7. The van der Waals surface area contributed by atoms with Crippen LogP contribution in [0.1, 0.15) is 0 Å². The van der Waals surface area contributed by atoms with Crippen LogP contribution in [0.2, 0.25) is 0 Å². The fraction of sp³-hybridized carbons (Fsp3) is 0. The summed E-state index contributed by atoms with van der Waals surface area (Å²) >= 11 is 0. The average molecular weight is 1030 g/mol. The van der Waals surface area contributed by atoms with Crippen molar-refractivity contribution < 1.29 is 0 Å². The summed E-state index contributed by atoms with van der Waals surface area (Å²) in [6.07, 6.45) is 0. The minimum atomic E-state index is -2.80. The lowest BCUT2D eigenvalue weighted by Gasteiger charge is -2.45. The van der Waals surface area contributed by atoms with Crippen LogP contribution < -0.4 is 42.0 Å². The second-order valence-electron chi connectivity index (χ2n) is 21.4. The van der Waals surface area contributed by atoms with Gasteiger partial charge >= 0.3 is 0 Å². The molecular weight excluding hydrogens is 980 g/mol. The molecule has 0 fully saturated rings. The van der Waals surface area contributed by atoms with Gasteiger partial charge in [-0.05, 0) is 118 Å². The lowest BCUT2D eigenvalue weighted by Crippen LogP contribution is -2.77. The van der Waals surface area contributed by atoms with Crippen molar-refractivity contribution in [3.8, 4) is 50.2 Å². The summed E-state index contributed by atoms with van der Waals surface area (Å²) in [5.74, 6) is 0. The first-order chi connectivity index (χ1) is 39.8. The maximum atomic E-state index is 2.54. The molecule has 13 aromatic carbocycles. The molecule has 0 aliphatic carbocycles. The molecule has 0 saturated heterocycles. The smallest absolute Gasteiger partial charge is 0.244 e. The molecular formula is C76H51BN2Si. The van der Waals surface area contributed by atoms with Gasteiger partial charge in [0.1, 0.15) is 0 Å². The Hall–Kier alpha value is -10.00. The Morgan fingerprint density at radius 1 is 0.287 bits per heavy atom. The van der Waals surface area contributed by atoms with Crippen LogP contribution >= 0.6 is 0 Å². The number of rotatable bonds is 8. The molecule has 4 heteroatoms. The maximum absolute atomic E-state index is 2.80. The second kappa shape index (κ2) is 18.6. The van der Waals surface area contributed by atoms with E-state index in [1.54, 1.807) is 0 Å². The van der Waals surface area contributed by atoms with E-state index in [1.807, 2.05) is 0 Å². The molecule has 0 spiro atoms. The molecule has 80 heavy (non-hydrogen) atoms. The van der Waals surface area contributed by atoms with Gasteiger partial charge in [-0.15, -0.1) is 0 Å². The van der Waals surface area contributed by atoms with E-state index in [9.17, 15) is 0 Å². The largest absolute Gasteiger partial charge is 0.311 e. The van der Waals surface area contributed by atoms with Gasteiger partial charge in [0, 0.05) is 33.5 Å². The number of hydrogen-bond donors (Lipinski definition) is 0. The third kappa shape index (κ3) is 6.86. The third-order valence-electron chi connectivity index (χ3n) is 17.3. The molecule has 0 atom stereocenters. The van der Waals surface area contributed by atoms with E-state index in [-0.39, 0.29) is 6.71 Å². The van der Waals surface area contributed by atoms with Gasteiger partial charge < -0.3 is 9.47 Å². The minimum absolute atomic E-state index is 0.0995. The summed E-state index contributed by atoms with van der Waals surface area (Å²) in [7, 11) is -2.80. The molecule has 0 radical (unpaired) electrons. The predicted molar refractivity (Wildman–Crippen MR) is 343 cm³/mol. The van der Waals surface area contributed by atoms with Crippen molar-refractivity contribution >= 4 is 102 Å². The molecule has 0 bridgehead atoms. The van der Waals surface area contributed by atoms with Crippen molar-refractivity contribution in [2.45, 2.75) is 0 Å². The van der Waals surface area contributed by atoms with Crippen LogP contribution in [0, 0.1) is 0 Å². The highest BCUT2D eigenvalue weighted by molar-refractivity contribution is 7.21. The van der Waals surface area contributed by atoms with Gasteiger partial charge in [0.25, 0.3) is 0 Å². The highest BCUT2D eigenvalue weighted by Crippen LogP contribution is 2.46. The van der Waals surface area contributed by atoms with Gasteiger partial charge in [-0.25, -0.2) is 0 Å². The number of aromatic nitrogens is 1. The summed E-state index contributed by atoms with van der Waals surface area (Å²) in [6, 6.07) is 116. The second-order valence-corrected chi connectivity index (χ2v) is 25.1. The number of anilines is 3. The molecule has 0 amide bonds. The summed E-state index contributed by atoms with van der Waals surface area (Å²) in [6.45, 7) is -0.0995. The normalized spacial score (nSPS) is 13.1. The fourth-order valence-electron chi connectivity index (χ4n) is 14.2. The van der Waals surface area contributed by atoms with Crippen LogP contribution in [-0.2, 0) is 0 Å². The summed E-state index contributed by atoms with van der Waals surface area (Å²) in [5.41, 5.74) is 21.1. The van der Waals surface area contributed by atoms with Crippen molar-refractivity contribution in [1.82, 2.24) is 4.57 Å². The molecule has 2 nitrogen and oxygen atoms in total. The zero-order valence-corrected chi connectivity index (χ0v) is 44.9. The quantitative estimate of drug-likeness (QED) is 0.138. The van der Waals surface area contributed by atoms with E-state index in [0.29, 0.717) is 0 Å². The number of hydrogen-bond acceptors (Lipinski definition) is 1. The van der Waals surface area contributed by atoms with Crippen LogP contribution in [0.4, 0.5) is 17.1 Å². The first-order valence-electron chi connectivity index (χ1n) is 27.9. The van der Waals surface area contributed by atoms with Crippen molar-refractivity contribution in [2.24, 2.45) is 0 Å². The number of para-hydroxylation sites is 3. The van der Waals surface area contributed by atoms with E-state index in [2.05, 4.69) is 319 Å². The van der Waals surface area contributed by atoms with Gasteiger partial charge in [-0.1, -0.05) is 283 Å². The SMILES string of the molecule is c1ccc(-c2cccc3c2B(c2ccc4c(c2)c2ccc(N5c6ccccc6[Si](c6ccccc6)(c6ccccc6)c6ccccc65)cc2n4-c2ccccc2)c2c-3c(-c3ccccc3)c3ccccc3c2-c2ccccc2)cc1. The Morgan fingerprint density at radius 2 is 0.787 bits per heavy atom. The Balaban J connectivity index is 0.968. The Bertz CT molecular complexity index is 4610. The van der Waals surface area contributed by atoms with Crippen molar-refractivity contribution in [1.29, 1.82) is 0 Å². The van der Waals surface area contributed by atoms with Gasteiger partial charge in [-0.3, -0.25) is 0 Å². The first kappa shape index (κ1) is 46.1. The molecule has 0 unspecified atom stereocenters. The van der Waals surface area contributed by atoms with E-state index in [0.717, 1.165) is 16.9 Å². The fourth-order valence-corrected chi connectivity index (χ4v) is 19.3. The van der Waals surface area contributed by atoms with Crippen LogP contribution in [0.25, 0.3) is 82.8 Å². The van der Waals surface area contributed by atoms with Crippen LogP contribution in [-0.4, -0.2) is 19.4 Å². The first-order valence-corrected chi connectivity index (χ1v) is 29.9. The highest BCUT2D eigenvalue weighted by atomic mass is 28.3. The monoisotopic (exact) mass is 1030 g/mol. The van der Waals surface area contributed by atoms with Crippen LogP contribution in [0.15, 0.2) is 309 Å². The zero-order valence-electron chi connectivity index (χ0n) is 43.9. The van der Waals surface area contributed by atoms with Crippen molar-refractivity contribution in [3.63, 3.8) is 0 Å². The van der Waals surface area contributed by atoms with Crippen LogP contribution in [0.5, 0.6) is 0 Å². The molecule has 0 N–H and O–H groups in total. The molecule has 2 aliphatic rings. The van der Waals surface area contributed by atoms with Gasteiger partial charge in [0.2, 0.25) is 6.71 Å². The number of nitrogens with zero attached hydrogens (tertiary/aromatic N) is 2. The summed E-state index contributed by atoms with van der Waals surface area (Å²) in [5, 5.41) is 10.5. The topological polar surface area (TPSA) is 8.17 Å². The van der Waals surface area contributed by atoms with E-state index < -0.39 is 8.07 Å². The van der Waals surface area contributed by atoms with E-state index in [1.165, 1.54) is 120 Å². The minimum Gasteiger partial charge on any atom is -0.311 e. The highest BCUT2D eigenvalue weighted by Gasteiger charge is 2.49. The van der Waals surface area contributed by atoms with Crippen molar-refractivity contribution in [2.75, 3.05) is 4.90 Å². The maximum Gasteiger partial charge on any atom is 0.244 e. The van der Waals surface area contributed by atoms with Crippen molar-refractivity contribution in [3.05, 3.63) is 309 Å². The van der Waals surface area contributed by atoms with Crippen LogP contribution in [0.3, 0.4) is 0 Å². The predicted octanol–water partition coefficient (Wildman–Crippen LogP) is 14.6. The van der Waals surface area contributed by atoms with Gasteiger partial charge in [0.15, 0.2) is 8.07 Å². The van der Waals surface area contributed by atoms with E-state index >= 15 is 0 Å². The Labute approximate surface area is 467 Å². The molecule has 0 saturated carbocycles. The average Bonchev–Trinajstić information content (AvgIpc) is 3.44.